The first kappa shape index (κ1) is 46.4. The van der Waals surface area contributed by atoms with Crippen LogP contribution in [0.25, 0.3) is 16.6 Å². The number of nitro benzene ring substituents is 1. The van der Waals surface area contributed by atoms with Crippen LogP contribution in [0.5, 0.6) is 5.88 Å². The lowest BCUT2D eigenvalue weighted by Crippen LogP contribution is -2.47. The quantitative estimate of drug-likeness (QED) is 0.0801. The number of alkyl halides is 1. The molecule has 0 bridgehead atoms. The molecule has 1 aliphatic carbocycles. The maximum Gasteiger partial charge on any atom is 0.293 e. The van der Waals surface area contributed by atoms with Crippen LogP contribution in [-0.4, -0.2) is 105 Å². The number of sulfonamides is 1. The highest BCUT2D eigenvalue weighted by atomic mass is 35.5. The second kappa shape index (κ2) is 18.7. The van der Waals surface area contributed by atoms with Crippen molar-refractivity contribution in [3.8, 4) is 5.88 Å². The van der Waals surface area contributed by atoms with Crippen LogP contribution in [-0.2, 0) is 14.8 Å². The molecular weight excluding hydrogens is 899 g/mol. The van der Waals surface area contributed by atoms with E-state index < -0.39 is 37.1 Å². The zero-order valence-electron chi connectivity index (χ0n) is 37.9. The van der Waals surface area contributed by atoms with Crippen molar-refractivity contribution in [3.05, 3.63) is 111 Å². The van der Waals surface area contributed by atoms with Gasteiger partial charge in [0.25, 0.3) is 21.6 Å². The van der Waals surface area contributed by atoms with E-state index in [9.17, 15) is 23.3 Å². The molecule has 2 saturated heterocycles. The number of carbonyl (C=O) groups excluding carboxylic acids is 1. The van der Waals surface area contributed by atoms with E-state index in [0.29, 0.717) is 36.1 Å². The number of piperazine rings is 1. The summed E-state index contributed by atoms with van der Waals surface area (Å²) >= 11 is 6.27. The average molecular weight is 956 g/mol. The molecule has 0 saturated carbocycles. The fourth-order valence-corrected chi connectivity index (χ4v) is 10.7. The fraction of sp³-hybridized carbons (Fsp3) is 0.429. The molecule has 15 nitrogen and oxygen atoms in total. The van der Waals surface area contributed by atoms with Gasteiger partial charge < -0.3 is 29.6 Å². The molecule has 67 heavy (non-hydrogen) atoms. The molecule has 0 radical (unpaired) electrons. The number of carbonyl (C=O) groups is 1. The molecule has 1 amide bonds. The second-order valence-corrected chi connectivity index (χ2v) is 21.3. The Morgan fingerprint density at radius 1 is 1.00 bits per heavy atom. The molecule has 2 aromatic heterocycles. The van der Waals surface area contributed by atoms with Gasteiger partial charge in [-0.25, -0.2) is 17.5 Å². The Kier molecular flexibility index (Phi) is 13.0. The van der Waals surface area contributed by atoms with Gasteiger partial charge in [0.1, 0.15) is 22.7 Å². The molecule has 0 spiro atoms. The Bertz CT molecular complexity index is 2820. The Hall–Kier alpha value is -5.75. The number of fused-ring (bicyclic) bond motifs is 2. The summed E-state index contributed by atoms with van der Waals surface area (Å²) in [6, 6.07) is 20.6. The fourth-order valence-electron chi connectivity index (χ4n) is 9.58. The zero-order valence-corrected chi connectivity index (χ0v) is 39.5. The van der Waals surface area contributed by atoms with E-state index in [2.05, 4.69) is 50.8 Å². The lowest BCUT2D eigenvalue weighted by atomic mass is 9.72. The van der Waals surface area contributed by atoms with Crippen LogP contribution in [0.2, 0.25) is 5.02 Å². The lowest BCUT2D eigenvalue weighted by Gasteiger charge is -2.39. The lowest BCUT2D eigenvalue weighted by molar-refractivity contribution is -0.384. The highest BCUT2D eigenvalue weighted by molar-refractivity contribution is 7.90. The number of ether oxygens (including phenoxy) is 2. The van der Waals surface area contributed by atoms with Crippen LogP contribution >= 0.6 is 11.6 Å². The standard InChI is InChI=1S/C49H56ClFN8O7S/c1-32-28-58(44-24-34-13-17-52-45(34)54-47(44)66-30-32)42-25-37(57-20-18-56(19-21-57)29-35-12-14-48(2,3)27-40(35)33-4-6-36(50)7-5-33)8-10-39(42)46(60)55-67(63,64)38-9-11-41(43(26-38)59(61)62)53-31-49(51)15-22-65-23-16-49/h4-11,13,17,24-26,32,53H,12,14-16,18-23,27-31H2,1-3H3,(H,52,54)(H,55,60). The molecule has 3 aromatic carbocycles. The monoisotopic (exact) mass is 954 g/mol. The summed E-state index contributed by atoms with van der Waals surface area (Å²) in [5.74, 6) is -0.582. The van der Waals surface area contributed by atoms with Crippen LogP contribution in [0.1, 0.15) is 68.8 Å². The number of aromatic nitrogens is 2. The van der Waals surface area contributed by atoms with Crippen molar-refractivity contribution < 1.29 is 32.0 Å². The van der Waals surface area contributed by atoms with Crippen LogP contribution in [0.4, 0.5) is 32.8 Å². The Morgan fingerprint density at radius 3 is 2.51 bits per heavy atom. The van der Waals surface area contributed by atoms with Crippen molar-refractivity contribution in [1.82, 2.24) is 19.6 Å². The molecule has 1 unspecified atom stereocenters. The minimum atomic E-state index is -4.66. The number of benzene rings is 3. The first-order valence-corrected chi connectivity index (χ1v) is 24.7. The number of nitrogens with zero attached hydrogens (tertiary/aromatic N) is 5. The number of amides is 1. The van der Waals surface area contributed by atoms with Crippen LogP contribution in [0.15, 0.2) is 89.5 Å². The van der Waals surface area contributed by atoms with Gasteiger partial charge in [-0.3, -0.25) is 19.8 Å². The Labute approximate surface area is 394 Å². The summed E-state index contributed by atoms with van der Waals surface area (Å²) in [6.45, 7) is 11.7. The second-order valence-electron chi connectivity index (χ2n) is 19.1. The van der Waals surface area contributed by atoms with Gasteiger partial charge in [0.05, 0.1) is 27.7 Å². The Morgan fingerprint density at radius 2 is 1.76 bits per heavy atom. The van der Waals surface area contributed by atoms with Crippen LogP contribution in [0.3, 0.4) is 0 Å². The minimum Gasteiger partial charge on any atom is -0.476 e. The molecule has 354 valence electrons. The number of nitro groups is 1. The van der Waals surface area contributed by atoms with E-state index in [-0.39, 0.29) is 55.2 Å². The number of allylic oxidation sites excluding steroid dienone is 1. The van der Waals surface area contributed by atoms with Crippen molar-refractivity contribution in [2.45, 2.75) is 63.4 Å². The number of pyridine rings is 1. The van der Waals surface area contributed by atoms with E-state index in [4.69, 9.17) is 26.1 Å². The average Bonchev–Trinajstić information content (AvgIpc) is 3.71. The van der Waals surface area contributed by atoms with Crippen LogP contribution in [0, 0.1) is 21.4 Å². The van der Waals surface area contributed by atoms with Crippen molar-refractivity contribution in [1.29, 1.82) is 0 Å². The summed E-state index contributed by atoms with van der Waals surface area (Å²) in [5, 5.41) is 16.6. The van der Waals surface area contributed by atoms with Gasteiger partial charge in [0.15, 0.2) is 0 Å². The van der Waals surface area contributed by atoms with E-state index >= 15 is 4.39 Å². The van der Waals surface area contributed by atoms with Gasteiger partial charge in [-0.2, -0.15) is 4.98 Å². The van der Waals surface area contributed by atoms with Crippen molar-refractivity contribution in [3.63, 3.8) is 0 Å². The van der Waals surface area contributed by atoms with Crippen molar-refractivity contribution in [2.75, 3.05) is 80.8 Å². The van der Waals surface area contributed by atoms with E-state index in [1.54, 1.807) is 12.3 Å². The largest absolute Gasteiger partial charge is 0.476 e. The van der Waals surface area contributed by atoms with Gasteiger partial charge in [-0.1, -0.05) is 50.1 Å². The smallest absolute Gasteiger partial charge is 0.293 e. The van der Waals surface area contributed by atoms with Gasteiger partial charge in [-0.05, 0) is 90.4 Å². The predicted octanol–water partition coefficient (Wildman–Crippen LogP) is 9.13. The van der Waals surface area contributed by atoms with Gasteiger partial charge >= 0.3 is 0 Å². The molecule has 3 aliphatic heterocycles. The highest BCUT2D eigenvalue weighted by Gasteiger charge is 2.35. The molecule has 5 aromatic rings. The zero-order chi connectivity index (χ0) is 47.1. The highest BCUT2D eigenvalue weighted by Crippen LogP contribution is 2.44. The molecule has 9 rings (SSSR count). The number of halogens is 2. The summed E-state index contributed by atoms with van der Waals surface area (Å²) in [6.07, 6.45) is 5.20. The molecule has 1 atom stereocenters. The number of nitrogens with one attached hydrogen (secondary N) is 3. The van der Waals surface area contributed by atoms with Crippen molar-refractivity contribution in [2.24, 2.45) is 11.3 Å². The third kappa shape index (κ3) is 10.2. The number of aromatic amines is 1. The summed E-state index contributed by atoms with van der Waals surface area (Å²) in [5.41, 5.74) is 4.68. The van der Waals surface area contributed by atoms with E-state index in [1.165, 1.54) is 22.8 Å². The van der Waals surface area contributed by atoms with Gasteiger partial charge in [-0.15, -0.1) is 0 Å². The number of hydrogen-bond donors (Lipinski definition) is 3. The van der Waals surface area contributed by atoms with Gasteiger partial charge in [0, 0.05) is 106 Å². The maximum atomic E-state index is 15.3. The topological polar surface area (TPSA) is 175 Å². The van der Waals surface area contributed by atoms with E-state index in [0.717, 1.165) is 80.2 Å². The normalized spacial score (nSPS) is 19.9. The number of H-pyrrole nitrogens is 1. The third-order valence-corrected chi connectivity index (χ3v) is 15.1. The van der Waals surface area contributed by atoms with Crippen molar-refractivity contribution >= 4 is 72.6 Å². The molecule has 3 N–H and O–H groups in total. The first-order chi connectivity index (χ1) is 32.0. The molecule has 18 heteroatoms. The molecule has 5 heterocycles. The van der Waals surface area contributed by atoms with Crippen LogP contribution < -0.4 is 24.6 Å². The third-order valence-electron chi connectivity index (χ3n) is 13.5. The molecular formula is C49H56ClFN8O7S. The Balaban J connectivity index is 0.999. The number of rotatable bonds is 12. The number of hydrogen-bond acceptors (Lipinski definition) is 12. The number of anilines is 4. The maximum absolute atomic E-state index is 15.3. The first-order valence-electron chi connectivity index (χ1n) is 22.9. The summed E-state index contributed by atoms with van der Waals surface area (Å²) in [4.78, 5) is 40.1. The minimum absolute atomic E-state index is 0.0248. The summed E-state index contributed by atoms with van der Waals surface area (Å²) < 4.78 is 57.0. The van der Waals surface area contributed by atoms with Gasteiger partial charge in [0.2, 0.25) is 5.88 Å². The molecule has 4 aliphatic rings. The predicted molar refractivity (Wildman–Crippen MR) is 259 cm³/mol. The SMILES string of the molecule is CC1COc2nc3[nH]ccc3cc2N(c2cc(N3CCN(CC4=C(c5ccc(Cl)cc5)CC(C)(C)CC4)CC3)ccc2C(=O)NS(=O)(=O)c2ccc(NCC3(F)CCOCC3)c([N+](=O)[O-])c2)C1. The van der Waals surface area contributed by atoms with E-state index in [1.807, 2.05) is 48.2 Å². The summed E-state index contributed by atoms with van der Waals surface area (Å²) in [7, 11) is -4.66. The molecule has 2 fully saturated rings.